The molecule has 2 saturated heterocycles. The molecule has 162 valence electrons. The summed E-state index contributed by atoms with van der Waals surface area (Å²) in [5.41, 5.74) is 0.387. The van der Waals surface area contributed by atoms with Crippen molar-refractivity contribution in [1.29, 1.82) is 0 Å². The van der Waals surface area contributed by atoms with Crippen molar-refractivity contribution in [1.82, 2.24) is 9.21 Å². The monoisotopic (exact) mass is 449 g/mol. The zero-order valence-electron chi connectivity index (χ0n) is 17.0. The van der Waals surface area contributed by atoms with Gasteiger partial charge in [0, 0.05) is 56.5 Å². The second kappa shape index (κ2) is 8.85. The van der Waals surface area contributed by atoms with E-state index in [1.165, 1.54) is 22.1 Å². The number of benzene rings is 2. The maximum Gasteiger partial charge on any atom is 0.243 e. The van der Waals surface area contributed by atoms with E-state index in [4.69, 9.17) is 11.6 Å². The molecular weight excluding hydrogens is 422 g/mol. The number of piperidine rings is 1. The Morgan fingerprint density at radius 1 is 0.867 bits per heavy atom. The van der Waals surface area contributed by atoms with Crippen LogP contribution in [0, 0.1) is 0 Å². The number of hydrogen-bond acceptors (Lipinski definition) is 5. The van der Waals surface area contributed by atoms with Crippen LogP contribution in [0.4, 0.5) is 5.69 Å². The first-order valence-electron chi connectivity index (χ1n) is 10.4. The summed E-state index contributed by atoms with van der Waals surface area (Å²) in [4.78, 5) is 4.90. The molecule has 0 spiro atoms. The van der Waals surface area contributed by atoms with Crippen molar-refractivity contribution in [2.75, 3.05) is 50.7 Å². The summed E-state index contributed by atoms with van der Waals surface area (Å²) in [7, 11) is -3.56. The number of hydrogen-bond donors (Lipinski definition) is 1. The minimum absolute atomic E-state index is 0.245. The highest BCUT2D eigenvalue weighted by atomic mass is 35.5. The highest BCUT2D eigenvalue weighted by Crippen LogP contribution is 2.28. The molecule has 0 unspecified atom stereocenters. The Labute approximate surface area is 183 Å². The third-order valence-electron chi connectivity index (χ3n) is 6.12. The second-order valence-electron chi connectivity index (χ2n) is 8.18. The Hall–Kier alpha value is -1.64. The lowest BCUT2D eigenvalue weighted by Gasteiger charge is -2.43. The molecule has 0 bridgehead atoms. The van der Waals surface area contributed by atoms with Crippen molar-refractivity contribution in [2.24, 2.45) is 0 Å². The molecule has 1 N–H and O–H groups in total. The van der Waals surface area contributed by atoms with Crippen LogP contribution in [0.15, 0.2) is 59.5 Å². The number of aliphatic hydroxyl groups is 1. The summed E-state index contributed by atoms with van der Waals surface area (Å²) < 4.78 is 27.2. The fraction of sp³-hybridized carbons (Fsp3) is 0.455. The van der Waals surface area contributed by atoms with Gasteiger partial charge < -0.3 is 10.0 Å². The molecule has 2 heterocycles. The molecule has 2 aromatic rings. The lowest BCUT2D eigenvalue weighted by atomic mass is 9.91. The number of β-amino-alcohol motifs (C(OH)–C–C–N with tert-alkyl or cyclic N) is 1. The fourth-order valence-electron chi connectivity index (χ4n) is 4.28. The average molecular weight is 450 g/mol. The largest absolute Gasteiger partial charge is 0.388 e. The van der Waals surface area contributed by atoms with Crippen LogP contribution in [0.3, 0.4) is 0 Å². The van der Waals surface area contributed by atoms with Crippen LogP contribution in [0.2, 0.25) is 5.02 Å². The van der Waals surface area contributed by atoms with Crippen molar-refractivity contribution < 1.29 is 13.5 Å². The Kier molecular flexibility index (Phi) is 6.36. The number of sulfonamides is 1. The molecule has 2 aliphatic rings. The van der Waals surface area contributed by atoms with E-state index in [2.05, 4.69) is 34.1 Å². The molecule has 0 radical (unpaired) electrons. The molecule has 8 heteroatoms. The summed E-state index contributed by atoms with van der Waals surface area (Å²) in [6.07, 6.45) is 0.886. The van der Waals surface area contributed by atoms with Crippen LogP contribution in [-0.4, -0.2) is 74.1 Å². The molecule has 4 rings (SSSR count). The van der Waals surface area contributed by atoms with Crippen molar-refractivity contribution in [3.05, 3.63) is 59.6 Å². The van der Waals surface area contributed by atoms with E-state index in [9.17, 15) is 13.5 Å². The van der Waals surface area contributed by atoms with Crippen molar-refractivity contribution in [3.8, 4) is 0 Å². The van der Waals surface area contributed by atoms with E-state index >= 15 is 0 Å². The van der Waals surface area contributed by atoms with Crippen LogP contribution in [0.25, 0.3) is 0 Å². The fourth-order valence-corrected chi connectivity index (χ4v) is 5.84. The van der Waals surface area contributed by atoms with Gasteiger partial charge in [0.05, 0.1) is 10.5 Å². The minimum atomic E-state index is -3.56. The first-order chi connectivity index (χ1) is 14.4. The molecule has 2 aliphatic heterocycles. The van der Waals surface area contributed by atoms with Crippen LogP contribution in [-0.2, 0) is 10.0 Å². The molecule has 0 aliphatic carbocycles. The van der Waals surface area contributed by atoms with Gasteiger partial charge in [-0.05, 0) is 49.2 Å². The molecular formula is C22H28ClN3O3S. The third-order valence-corrected chi connectivity index (χ3v) is 8.28. The van der Waals surface area contributed by atoms with Crippen LogP contribution < -0.4 is 4.90 Å². The lowest BCUT2D eigenvalue weighted by molar-refractivity contribution is -0.0337. The molecule has 0 saturated carbocycles. The van der Waals surface area contributed by atoms with E-state index in [0.29, 0.717) is 37.5 Å². The predicted octanol–water partition coefficient (Wildman–Crippen LogP) is 2.68. The average Bonchev–Trinajstić information content (AvgIpc) is 2.75. The van der Waals surface area contributed by atoms with Crippen LogP contribution in [0.1, 0.15) is 12.8 Å². The second-order valence-corrected chi connectivity index (χ2v) is 10.6. The van der Waals surface area contributed by atoms with E-state index in [-0.39, 0.29) is 4.90 Å². The minimum Gasteiger partial charge on any atom is -0.388 e. The summed E-state index contributed by atoms with van der Waals surface area (Å²) in [6, 6.07) is 16.6. The van der Waals surface area contributed by atoms with Gasteiger partial charge in [0.2, 0.25) is 10.0 Å². The van der Waals surface area contributed by atoms with E-state index in [1.807, 2.05) is 6.07 Å². The highest BCUT2D eigenvalue weighted by molar-refractivity contribution is 7.89. The molecule has 0 amide bonds. The Morgan fingerprint density at radius 3 is 2.07 bits per heavy atom. The normalized spacial score (nSPS) is 20.9. The van der Waals surface area contributed by atoms with Crippen molar-refractivity contribution >= 4 is 27.3 Å². The summed E-state index contributed by atoms with van der Waals surface area (Å²) in [5, 5.41) is 11.6. The molecule has 2 fully saturated rings. The van der Waals surface area contributed by atoms with Crippen molar-refractivity contribution in [2.45, 2.75) is 23.3 Å². The van der Waals surface area contributed by atoms with E-state index in [1.54, 1.807) is 12.1 Å². The van der Waals surface area contributed by atoms with Gasteiger partial charge in [0.1, 0.15) is 0 Å². The molecule has 30 heavy (non-hydrogen) atoms. The summed E-state index contributed by atoms with van der Waals surface area (Å²) in [5.74, 6) is 0. The first-order valence-corrected chi connectivity index (χ1v) is 12.2. The standard InChI is InChI=1S/C22H28ClN3O3S/c23-19-6-8-21(9-7-19)30(28,29)26-12-10-22(27,11-13-26)18-24-14-16-25(17-15-24)20-4-2-1-3-5-20/h1-9,27H,10-18H2. The lowest BCUT2D eigenvalue weighted by Crippen LogP contribution is -2.55. The van der Waals surface area contributed by atoms with Gasteiger partial charge in [-0.2, -0.15) is 4.31 Å². The smallest absolute Gasteiger partial charge is 0.243 e. The maximum atomic E-state index is 12.9. The number of anilines is 1. The quantitative estimate of drug-likeness (QED) is 0.760. The van der Waals surface area contributed by atoms with Gasteiger partial charge in [-0.15, -0.1) is 0 Å². The molecule has 6 nitrogen and oxygen atoms in total. The van der Waals surface area contributed by atoms with Crippen LogP contribution >= 0.6 is 11.6 Å². The first kappa shape index (κ1) is 21.6. The van der Waals surface area contributed by atoms with Gasteiger partial charge in [-0.25, -0.2) is 8.42 Å². The Morgan fingerprint density at radius 2 is 1.47 bits per heavy atom. The molecule has 0 atom stereocenters. The topological polar surface area (TPSA) is 64.1 Å². The van der Waals surface area contributed by atoms with Crippen molar-refractivity contribution in [3.63, 3.8) is 0 Å². The van der Waals surface area contributed by atoms with Gasteiger partial charge >= 0.3 is 0 Å². The molecule has 2 aromatic carbocycles. The van der Waals surface area contributed by atoms with E-state index in [0.717, 1.165) is 26.2 Å². The zero-order chi connectivity index (χ0) is 21.2. The summed E-state index contributed by atoms with van der Waals surface area (Å²) >= 11 is 5.87. The third kappa shape index (κ3) is 4.81. The van der Waals surface area contributed by atoms with Gasteiger partial charge in [0.25, 0.3) is 0 Å². The number of halogens is 1. The molecule has 0 aromatic heterocycles. The van der Waals surface area contributed by atoms with Gasteiger partial charge in [-0.3, -0.25) is 4.90 Å². The van der Waals surface area contributed by atoms with E-state index < -0.39 is 15.6 Å². The highest BCUT2D eigenvalue weighted by Gasteiger charge is 2.38. The van der Waals surface area contributed by atoms with Gasteiger partial charge in [0.15, 0.2) is 0 Å². The number of nitrogens with zero attached hydrogens (tertiary/aromatic N) is 3. The van der Waals surface area contributed by atoms with Gasteiger partial charge in [-0.1, -0.05) is 29.8 Å². The Balaban J connectivity index is 1.31. The predicted molar refractivity (Wildman–Crippen MR) is 119 cm³/mol. The number of para-hydroxylation sites is 1. The Bertz CT molecular complexity index is 937. The maximum absolute atomic E-state index is 12.9. The zero-order valence-corrected chi connectivity index (χ0v) is 18.5. The summed E-state index contributed by atoms with van der Waals surface area (Å²) in [6.45, 7) is 4.88. The van der Waals surface area contributed by atoms with Crippen LogP contribution in [0.5, 0.6) is 0 Å². The SMILES string of the molecule is O=S(=O)(c1ccc(Cl)cc1)N1CCC(O)(CN2CCN(c3ccccc3)CC2)CC1. The number of rotatable bonds is 5. The number of piperazine rings is 1.